The zero-order chi connectivity index (χ0) is 9.97. The van der Waals surface area contributed by atoms with Crippen LogP contribution in [0.5, 0.6) is 0 Å². The summed E-state index contributed by atoms with van der Waals surface area (Å²) in [5, 5.41) is 21.3. The van der Waals surface area contributed by atoms with Gasteiger partial charge in [-0.05, 0) is 30.2 Å². The topological polar surface area (TPSA) is 56.0 Å². The van der Waals surface area contributed by atoms with Crippen molar-refractivity contribution in [2.45, 2.75) is 12.5 Å². The third kappa shape index (κ3) is 1.39. The Bertz CT molecular complexity index is 381. The lowest BCUT2D eigenvalue weighted by Gasteiger charge is -2.26. The SMILES string of the molecule is N#Cc1cccc2c1[C@H](CO)NCC2. The van der Waals surface area contributed by atoms with Crippen molar-refractivity contribution in [3.63, 3.8) is 0 Å². The fourth-order valence-corrected chi connectivity index (χ4v) is 1.98. The molecule has 3 nitrogen and oxygen atoms in total. The predicted molar refractivity (Wildman–Crippen MR) is 52.7 cm³/mol. The van der Waals surface area contributed by atoms with Crippen LogP contribution in [-0.2, 0) is 6.42 Å². The van der Waals surface area contributed by atoms with Gasteiger partial charge in [-0.25, -0.2) is 0 Å². The van der Waals surface area contributed by atoms with Gasteiger partial charge in [-0.2, -0.15) is 5.26 Å². The number of nitrogens with zero attached hydrogens (tertiary/aromatic N) is 1. The van der Waals surface area contributed by atoms with Crippen LogP contribution in [0.1, 0.15) is 22.7 Å². The summed E-state index contributed by atoms with van der Waals surface area (Å²) in [6.07, 6.45) is 0.932. The average molecular weight is 188 g/mol. The molecule has 14 heavy (non-hydrogen) atoms. The van der Waals surface area contributed by atoms with E-state index in [1.54, 1.807) is 6.07 Å². The highest BCUT2D eigenvalue weighted by atomic mass is 16.3. The first-order valence-corrected chi connectivity index (χ1v) is 4.73. The molecule has 0 saturated carbocycles. The maximum atomic E-state index is 9.19. The number of aliphatic hydroxyl groups excluding tert-OH is 1. The van der Waals surface area contributed by atoms with Gasteiger partial charge in [0.2, 0.25) is 0 Å². The molecule has 1 aromatic rings. The Balaban J connectivity index is 2.53. The number of nitriles is 1. The molecule has 1 aromatic carbocycles. The Hall–Kier alpha value is -1.37. The number of benzene rings is 1. The summed E-state index contributed by atoms with van der Waals surface area (Å²) in [6.45, 7) is 0.915. The van der Waals surface area contributed by atoms with Crippen LogP contribution in [0.3, 0.4) is 0 Å². The maximum absolute atomic E-state index is 9.19. The number of hydrogen-bond donors (Lipinski definition) is 2. The minimum absolute atomic E-state index is 0.0473. The summed E-state index contributed by atoms with van der Waals surface area (Å²) >= 11 is 0. The number of aliphatic hydroxyl groups is 1. The molecule has 2 N–H and O–H groups in total. The first-order chi connectivity index (χ1) is 6.86. The van der Waals surface area contributed by atoms with Gasteiger partial charge >= 0.3 is 0 Å². The quantitative estimate of drug-likeness (QED) is 0.683. The number of hydrogen-bond acceptors (Lipinski definition) is 3. The zero-order valence-electron chi connectivity index (χ0n) is 7.83. The number of nitrogens with one attached hydrogen (secondary N) is 1. The van der Waals surface area contributed by atoms with Crippen molar-refractivity contribution < 1.29 is 5.11 Å². The highest BCUT2D eigenvalue weighted by Gasteiger charge is 2.21. The van der Waals surface area contributed by atoms with E-state index in [-0.39, 0.29) is 12.6 Å². The molecular formula is C11H12N2O. The van der Waals surface area contributed by atoms with Crippen LogP contribution in [0.15, 0.2) is 18.2 Å². The largest absolute Gasteiger partial charge is 0.394 e. The monoisotopic (exact) mass is 188 g/mol. The fourth-order valence-electron chi connectivity index (χ4n) is 1.98. The normalized spacial score (nSPS) is 19.9. The summed E-state index contributed by atoms with van der Waals surface area (Å²) in [7, 11) is 0. The van der Waals surface area contributed by atoms with Crippen LogP contribution in [0.2, 0.25) is 0 Å². The van der Waals surface area contributed by atoms with Crippen LogP contribution >= 0.6 is 0 Å². The van der Waals surface area contributed by atoms with Gasteiger partial charge in [0.15, 0.2) is 0 Å². The number of rotatable bonds is 1. The van der Waals surface area contributed by atoms with Gasteiger partial charge in [-0.15, -0.1) is 0 Å². The highest BCUT2D eigenvalue weighted by molar-refractivity contribution is 5.46. The van der Waals surface area contributed by atoms with Crippen molar-refractivity contribution in [1.29, 1.82) is 5.26 Å². The van der Waals surface area contributed by atoms with Gasteiger partial charge in [-0.3, -0.25) is 0 Å². The molecule has 3 heteroatoms. The van der Waals surface area contributed by atoms with E-state index in [0.29, 0.717) is 5.56 Å². The molecule has 0 bridgehead atoms. The zero-order valence-corrected chi connectivity index (χ0v) is 7.83. The van der Waals surface area contributed by atoms with Gasteiger partial charge in [0.25, 0.3) is 0 Å². The molecule has 0 radical (unpaired) electrons. The van der Waals surface area contributed by atoms with E-state index >= 15 is 0 Å². The van der Waals surface area contributed by atoms with Crippen molar-refractivity contribution >= 4 is 0 Å². The van der Waals surface area contributed by atoms with Crippen LogP contribution in [0.4, 0.5) is 0 Å². The van der Waals surface area contributed by atoms with E-state index in [9.17, 15) is 5.11 Å². The summed E-state index contributed by atoms with van der Waals surface area (Å²) in [5.74, 6) is 0. The molecule has 1 aliphatic heterocycles. The van der Waals surface area contributed by atoms with E-state index in [2.05, 4.69) is 11.4 Å². The fraction of sp³-hybridized carbons (Fsp3) is 0.364. The highest BCUT2D eigenvalue weighted by Crippen LogP contribution is 2.25. The molecule has 0 spiro atoms. The minimum Gasteiger partial charge on any atom is -0.394 e. The summed E-state index contributed by atoms with van der Waals surface area (Å²) in [5.41, 5.74) is 2.83. The van der Waals surface area contributed by atoms with Crippen molar-refractivity contribution in [2.75, 3.05) is 13.2 Å². The standard InChI is InChI=1S/C11H12N2O/c12-6-9-3-1-2-8-4-5-13-10(7-14)11(8)9/h1-3,10,13-14H,4-5,7H2/t10-/m0/s1. The lowest BCUT2D eigenvalue weighted by Crippen LogP contribution is -2.32. The van der Waals surface area contributed by atoms with Crippen molar-refractivity contribution in [3.8, 4) is 6.07 Å². The Labute approximate surface area is 83.0 Å². The van der Waals surface area contributed by atoms with Gasteiger partial charge in [0.1, 0.15) is 0 Å². The van der Waals surface area contributed by atoms with Crippen molar-refractivity contribution in [2.24, 2.45) is 0 Å². The van der Waals surface area contributed by atoms with Gasteiger partial charge < -0.3 is 10.4 Å². The molecule has 0 fully saturated rings. The molecule has 1 atom stereocenters. The van der Waals surface area contributed by atoms with Crippen molar-refractivity contribution in [3.05, 3.63) is 34.9 Å². The van der Waals surface area contributed by atoms with Crippen LogP contribution in [0, 0.1) is 11.3 Å². The number of fused-ring (bicyclic) bond motifs is 1. The Morgan fingerprint density at radius 1 is 1.57 bits per heavy atom. The van der Waals surface area contributed by atoms with E-state index in [1.165, 1.54) is 5.56 Å². The predicted octanol–water partition coefficient (Wildman–Crippen LogP) is 0.737. The average Bonchev–Trinajstić information content (AvgIpc) is 2.27. The second kappa shape index (κ2) is 3.79. The molecular weight excluding hydrogens is 176 g/mol. The first kappa shape index (κ1) is 9.20. The van der Waals surface area contributed by atoms with Gasteiger partial charge in [-0.1, -0.05) is 12.1 Å². The Kier molecular flexibility index (Phi) is 2.49. The Morgan fingerprint density at radius 2 is 2.43 bits per heavy atom. The molecule has 1 aliphatic rings. The lowest BCUT2D eigenvalue weighted by atomic mass is 9.91. The summed E-state index contributed by atoms with van der Waals surface area (Å²) in [4.78, 5) is 0. The minimum atomic E-state index is -0.0744. The van der Waals surface area contributed by atoms with Crippen LogP contribution < -0.4 is 5.32 Å². The second-order valence-electron chi connectivity index (χ2n) is 3.43. The van der Waals surface area contributed by atoms with E-state index in [0.717, 1.165) is 18.5 Å². The van der Waals surface area contributed by atoms with E-state index in [4.69, 9.17) is 5.26 Å². The molecule has 0 saturated heterocycles. The molecule has 1 heterocycles. The van der Waals surface area contributed by atoms with E-state index < -0.39 is 0 Å². The molecule has 0 amide bonds. The molecule has 0 unspecified atom stereocenters. The first-order valence-electron chi connectivity index (χ1n) is 4.73. The van der Waals surface area contributed by atoms with Crippen molar-refractivity contribution in [1.82, 2.24) is 5.32 Å². The molecule has 0 aromatic heterocycles. The smallest absolute Gasteiger partial charge is 0.0995 e. The molecule has 2 rings (SSSR count). The second-order valence-corrected chi connectivity index (χ2v) is 3.43. The molecule has 0 aliphatic carbocycles. The maximum Gasteiger partial charge on any atom is 0.0995 e. The molecule has 72 valence electrons. The van der Waals surface area contributed by atoms with Crippen LogP contribution in [-0.4, -0.2) is 18.3 Å². The lowest BCUT2D eigenvalue weighted by molar-refractivity contribution is 0.240. The summed E-state index contributed by atoms with van der Waals surface area (Å²) in [6, 6.07) is 7.82. The summed E-state index contributed by atoms with van der Waals surface area (Å²) < 4.78 is 0. The Morgan fingerprint density at radius 3 is 3.14 bits per heavy atom. The van der Waals surface area contributed by atoms with Gasteiger partial charge in [0.05, 0.1) is 24.3 Å². The van der Waals surface area contributed by atoms with Crippen LogP contribution in [0.25, 0.3) is 0 Å². The third-order valence-electron chi connectivity index (χ3n) is 2.63. The third-order valence-corrected chi connectivity index (χ3v) is 2.63. The van der Waals surface area contributed by atoms with Gasteiger partial charge in [0, 0.05) is 0 Å². The van der Waals surface area contributed by atoms with E-state index in [1.807, 2.05) is 12.1 Å².